The first-order valence-electron chi connectivity index (χ1n) is 8.63. The zero-order valence-electron chi connectivity index (χ0n) is 15.8. The van der Waals surface area contributed by atoms with E-state index in [1.807, 2.05) is 0 Å². The number of nitrogens with one attached hydrogen (secondary N) is 3. The van der Waals surface area contributed by atoms with Gasteiger partial charge >= 0.3 is 0 Å². The average molecular weight is 402 g/mol. The van der Waals surface area contributed by atoms with Gasteiger partial charge in [0.25, 0.3) is 0 Å². The van der Waals surface area contributed by atoms with Gasteiger partial charge in [-0.05, 0) is 44.3 Å². The van der Waals surface area contributed by atoms with Crippen molar-refractivity contribution in [2.75, 3.05) is 52.3 Å². The number of nitrogens with zero attached hydrogens (tertiary/aromatic N) is 1. The van der Waals surface area contributed by atoms with Crippen LogP contribution in [0.25, 0.3) is 0 Å². The quantitative estimate of drug-likeness (QED) is 0.579. The number of rotatable bonds is 6. The fourth-order valence-corrected chi connectivity index (χ4v) is 3.98. The number of benzene rings is 1. The van der Waals surface area contributed by atoms with Gasteiger partial charge < -0.3 is 20.3 Å². The van der Waals surface area contributed by atoms with E-state index in [1.165, 1.54) is 23.3 Å². The van der Waals surface area contributed by atoms with Crippen LogP contribution in [0.2, 0.25) is 0 Å². The van der Waals surface area contributed by atoms with Gasteiger partial charge in [0.05, 0.1) is 24.7 Å². The van der Waals surface area contributed by atoms with Crippen LogP contribution in [0.3, 0.4) is 0 Å². The van der Waals surface area contributed by atoms with Crippen LogP contribution in [0.15, 0.2) is 29.2 Å². The van der Waals surface area contributed by atoms with Crippen LogP contribution in [0.1, 0.15) is 13.8 Å². The molecule has 0 bridgehead atoms. The first kappa shape index (κ1) is 21.0. The molecule has 1 fully saturated rings. The molecule has 1 heterocycles. The van der Waals surface area contributed by atoms with E-state index in [-0.39, 0.29) is 10.4 Å². The summed E-state index contributed by atoms with van der Waals surface area (Å²) in [7, 11) is -0.448. The topological polar surface area (TPSA) is 75.1 Å². The molecule has 1 aliphatic heterocycles. The molecule has 0 atom stereocenters. The largest absolute Gasteiger partial charge is 0.370 e. The molecule has 26 heavy (non-hydrogen) atoms. The first-order chi connectivity index (χ1) is 12.1. The summed E-state index contributed by atoms with van der Waals surface area (Å²) in [6.45, 7) is 8.66. The van der Waals surface area contributed by atoms with Gasteiger partial charge in [-0.25, -0.2) is 12.7 Å². The normalized spacial score (nSPS) is 16.5. The predicted molar refractivity (Wildman–Crippen MR) is 107 cm³/mol. The number of hydrogen-bond acceptors (Lipinski definition) is 4. The highest BCUT2D eigenvalue weighted by Crippen LogP contribution is 2.17. The van der Waals surface area contributed by atoms with Crippen LogP contribution in [-0.4, -0.2) is 70.3 Å². The molecular formula is C17H29N4O3S2+. The highest BCUT2D eigenvalue weighted by molar-refractivity contribution is 7.89. The lowest BCUT2D eigenvalue weighted by Crippen LogP contribution is -3.22. The number of morpholine rings is 1. The molecule has 0 saturated carbocycles. The monoisotopic (exact) mass is 401 g/mol. The van der Waals surface area contributed by atoms with Crippen molar-refractivity contribution in [3.8, 4) is 0 Å². The molecule has 0 unspecified atom stereocenters. The molecule has 146 valence electrons. The fraction of sp³-hybridized carbons (Fsp3) is 0.588. The Balaban J connectivity index is 1.95. The zero-order chi connectivity index (χ0) is 19.4. The summed E-state index contributed by atoms with van der Waals surface area (Å²) >= 11 is 5.38. The highest BCUT2D eigenvalue weighted by Gasteiger charge is 2.32. The van der Waals surface area contributed by atoms with Crippen LogP contribution in [0.5, 0.6) is 0 Å². The van der Waals surface area contributed by atoms with Crippen LogP contribution in [-0.2, 0) is 14.8 Å². The Bertz CT molecular complexity index is 729. The second kappa shape index (κ2) is 8.62. The molecule has 0 spiro atoms. The maximum atomic E-state index is 12.2. The van der Waals surface area contributed by atoms with Crippen molar-refractivity contribution in [1.82, 2.24) is 9.62 Å². The summed E-state index contributed by atoms with van der Waals surface area (Å²) < 4.78 is 31.1. The Kier molecular flexibility index (Phi) is 6.98. The van der Waals surface area contributed by atoms with Crippen molar-refractivity contribution in [1.29, 1.82) is 0 Å². The Labute approximate surface area is 161 Å². The van der Waals surface area contributed by atoms with E-state index >= 15 is 0 Å². The molecule has 9 heteroatoms. The van der Waals surface area contributed by atoms with E-state index in [9.17, 15) is 8.42 Å². The SMILES string of the molecule is CN(C)S(=O)(=O)c1cccc(NC(=S)NCC(C)(C)[NH+]2CCOCC2)c1. The molecule has 2 rings (SSSR count). The zero-order valence-corrected chi connectivity index (χ0v) is 17.5. The number of sulfonamides is 1. The van der Waals surface area contributed by atoms with E-state index in [1.54, 1.807) is 24.3 Å². The first-order valence-corrected chi connectivity index (χ1v) is 10.5. The lowest BCUT2D eigenvalue weighted by molar-refractivity contribution is -0.954. The van der Waals surface area contributed by atoms with Crippen molar-refractivity contribution >= 4 is 33.0 Å². The minimum absolute atomic E-state index is 0.0195. The minimum atomic E-state index is -3.47. The third-order valence-corrected chi connectivity index (χ3v) is 6.67. The van der Waals surface area contributed by atoms with Gasteiger partial charge in [0.2, 0.25) is 10.0 Å². The minimum Gasteiger partial charge on any atom is -0.370 e. The third-order valence-electron chi connectivity index (χ3n) is 4.61. The van der Waals surface area contributed by atoms with Gasteiger partial charge in [-0.2, -0.15) is 0 Å². The number of ether oxygens (including phenoxy) is 1. The number of hydrogen-bond donors (Lipinski definition) is 3. The Morgan fingerprint density at radius 2 is 1.96 bits per heavy atom. The molecule has 1 aliphatic rings. The van der Waals surface area contributed by atoms with E-state index in [4.69, 9.17) is 17.0 Å². The van der Waals surface area contributed by atoms with Crippen molar-refractivity contribution in [3.05, 3.63) is 24.3 Å². The molecule has 0 aliphatic carbocycles. The molecule has 7 nitrogen and oxygen atoms in total. The summed E-state index contributed by atoms with van der Waals surface area (Å²) in [5, 5.41) is 6.80. The van der Waals surface area contributed by atoms with Crippen LogP contribution in [0.4, 0.5) is 5.69 Å². The van der Waals surface area contributed by atoms with Crippen molar-refractivity contribution in [3.63, 3.8) is 0 Å². The van der Waals surface area contributed by atoms with Crippen molar-refractivity contribution < 1.29 is 18.1 Å². The molecule has 1 aromatic rings. The van der Waals surface area contributed by atoms with Gasteiger partial charge in [-0.15, -0.1) is 0 Å². The van der Waals surface area contributed by atoms with Crippen molar-refractivity contribution in [2.45, 2.75) is 24.3 Å². The Hall–Kier alpha value is -1.26. The van der Waals surface area contributed by atoms with Gasteiger partial charge in [0.15, 0.2) is 5.11 Å². The highest BCUT2D eigenvalue weighted by atomic mass is 32.2. The van der Waals surface area contributed by atoms with E-state index in [2.05, 4.69) is 24.5 Å². The fourth-order valence-electron chi connectivity index (χ4n) is 2.84. The van der Waals surface area contributed by atoms with Gasteiger partial charge in [0, 0.05) is 19.8 Å². The molecule has 0 radical (unpaired) electrons. The predicted octanol–water partition coefficient (Wildman–Crippen LogP) is -0.0830. The summed E-state index contributed by atoms with van der Waals surface area (Å²) in [5.41, 5.74) is 0.660. The third kappa shape index (κ3) is 5.37. The summed E-state index contributed by atoms with van der Waals surface area (Å²) in [4.78, 5) is 1.71. The van der Waals surface area contributed by atoms with E-state index in [0.29, 0.717) is 17.3 Å². The maximum Gasteiger partial charge on any atom is 0.242 e. The lowest BCUT2D eigenvalue weighted by Gasteiger charge is -2.37. The van der Waals surface area contributed by atoms with Gasteiger partial charge in [-0.3, -0.25) is 0 Å². The molecule has 0 aromatic heterocycles. The second-order valence-corrected chi connectivity index (χ2v) is 9.78. The molecule has 3 N–H and O–H groups in total. The van der Waals surface area contributed by atoms with Crippen molar-refractivity contribution in [2.24, 2.45) is 0 Å². The van der Waals surface area contributed by atoms with Crippen LogP contribution >= 0.6 is 12.2 Å². The van der Waals surface area contributed by atoms with Crippen LogP contribution in [0, 0.1) is 0 Å². The smallest absolute Gasteiger partial charge is 0.242 e. The standard InChI is InChI=1S/C17H28N4O3S2/c1-17(2,21-8-10-24-11-9-21)13-18-16(25)19-14-6-5-7-15(12-14)26(22,23)20(3)4/h5-7,12H,8-11,13H2,1-4H3,(H2,18,19,25)/p+1. The van der Waals surface area contributed by atoms with Gasteiger partial charge in [-0.1, -0.05) is 6.07 Å². The second-order valence-electron chi connectivity index (χ2n) is 7.22. The molecule has 0 amide bonds. The Morgan fingerprint density at radius 3 is 2.58 bits per heavy atom. The number of thiocarbonyl (C=S) groups is 1. The maximum absolute atomic E-state index is 12.2. The summed E-state index contributed by atoms with van der Waals surface area (Å²) in [5.74, 6) is 0. The number of quaternary nitrogens is 1. The summed E-state index contributed by atoms with van der Waals surface area (Å²) in [6.07, 6.45) is 0. The molecular weight excluding hydrogens is 372 g/mol. The van der Waals surface area contributed by atoms with E-state index in [0.717, 1.165) is 26.3 Å². The van der Waals surface area contributed by atoms with Gasteiger partial charge in [0.1, 0.15) is 18.6 Å². The molecule has 1 aromatic carbocycles. The average Bonchev–Trinajstić information content (AvgIpc) is 2.61. The summed E-state index contributed by atoms with van der Waals surface area (Å²) in [6, 6.07) is 6.65. The molecule has 1 saturated heterocycles. The van der Waals surface area contributed by atoms with Crippen LogP contribution < -0.4 is 15.5 Å². The van der Waals surface area contributed by atoms with E-state index < -0.39 is 10.0 Å². The Morgan fingerprint density at radius 1 is 1.31 bits per heavy atom. The number of anilines is 1. The lowest BCUT2D eigenvalue weighted by atomic mass is 10.0.